The standard InChI is InChI=1S/C15H20BrN3O/c1-11-15(12(2)19(3)18-11)10-17-8-9-20-14-6-4-13(16)5-7-14/h4-7,17H,8-10H2,1-3H3. The number of ether oxygens (including phenoxy) is 1. The van der Waals surface area contributed by atoms with E-state index < -0.39 is 0 Å². The Morgan fingerprint density at radius 1 is 1.25 bits per heavy atom. The van der Waals surface area contributed by atoms with Crippen molar-refractivity contribution in [1.82, 2.24) is 15.1 Å². The van der Waals surface area contributed by atoms with Crippen molar-refractivity contribution in [3.8, 4) is 5.75 Å². The van der Waals surface area contributed by atoms with Crippen LogP contribution in [0.5, 0.6) is 5.75 Å². The van der Waals surface area contributed by atoms with E-state index >= 15 is 0 Å². The first-order valence-corrected chi connectivity index (χ1v) is 7.45. The molecule has 0 saturated heterocycles. The molecule has 0 spiro atoms. The van der Waals surface area contributed by atoms with Gasteiger partial charge >= 0.3 is 0 Å². The summed E-state index contributed by atoms with van der Waals surface area (Å²) in [4.78, 5) is 0. The molecule has 0 amide bonds. The van der Waals surface area contributed by atoms with Gasteiger partial charge in [-0.2, -0.15) is 5.10 Å². The molecular formula is C15H20BrN3O. The molecule has 1 aromatic carbocycles. The van der Waals surface area contributed by atoms with E-state index in [0.29, 0.717) is 6.61 Å². The van der Waals surface area contributed by atoms with Gasteiger partial charge in [0.2, 0.25) is 0 Å². The van der Waals surface area contributed by atoms with Gasteiger partial charge in [-0.15, -0.1) is 0 Å². The highest BCUT2D eigenvalue weighted by molar-refractivity contribution is 9.10. The van der Waals surface area contributed by atoms with E-state index in [2.05, 4.69) is 33.3 Å². The molecule has 0 radical (unpaired) electrons. The topological polar surface area (TPSA) is 39.1 Å². The highest BCUT2D eigenvalue weighted by Crippen LogP contribution is 2.15. The highest BCUT2D eigenvalue weighted by Gasteiger charge is 2.08. The maximum Gasteiger partial charge on any atom is 0.119 e. The molecule has 2 rings (SSSR count). The molecule has 0 aliphatic heterocycles. The number of aryl methyl sites for hydroxylation is 2. The van der Waals surface area contributed by atoms with Crippen LogP contribution in [0.3, 0.4) is 0 Å². The summed E-state index contributed by atoms with van der Waals surface area (Å²) in [7, 11) is 1.97. The molecule has 108 valence electrons. The number of nitrogens with one attached hydrogen (secondary N) is 1. The molecule has 2 aromatic rings. The molecule has 0 aliphatic carbocycles. The third-order valence-corrected chi connectivity index (χ3v) is 3.85. The summed E-state index contributed by atoms with van der Waals surface area (Å²) in [5.74, 6) is 0.892. The molecule has 20 heavy (non-hydrogen) atoms. The molecule has 5 heteroatoms. The van der Waals surface area contributed by atoms with Crippen molar-refractivity contribution in [1.29, 1.82) is 0 Å². The molecule has 1 heterocycles. The molecule has 0 bridgehead atoms. The van der Waals surface area contributed by atoms with Crippen LogP contribution in [0, 0.1) is 13.8 Å². The van der Waals surface area contributed by atoms with E-state index in [1.165, 1.54) is 11.3 Å². The molecule has 1 N–H and O–H groups in total. The van der Waals surface area contributed by atoms with Gasteiger partial charge in [-0.3, -0.25) is 4.68 Å². The zero-order chi connectivity index (χ0) is 14.5. The normalized spacial score (nSPS) is 10.8. The summed E-state index contributed by atoms with van der Waals surface area (Å²) < 4.78 is 8.64. The third-order valence-electron chi connectivity index (χ3n) is 3.32. The first-order valence-electron chi connectivity index (χ1n) is 6.66. The Balaban J connectivity index is 1.73. The zero-order valence-electron chi connectivity index (χ0n) is 12.1. The van der Waals surface area contributed by atoms with Crippen molar-refractivity contribution in [2.45, 2.75) is 20.4 Å². The van der Waals surface area contributed by atoms with Crippen molar-refractivity contribution in [3.63, 3.8) is 0 Å². The maximum atomic E-state index is 5.66. The number of nitrogens with zero attached hydrogens (tertiary/aromatic N) is 2. The van der Waals surface area contributed by atoms with Crippen LogP contribution in [0.1, 0.15) is 17.0 Å². The Morgan fingerprint density at radius 3 is 2.55 bits per heavy atom. The Bertz CT molecular complexity index is 563. The van der Waals surface area contributed by atoms with Crippen molar-refractivity contribution in [2.24, 2.45) is 7.05 Å². The van der Waals surface area contributed by atoms with Crippen LogP contribution in [-0.2, 0) is 13.6 Å². The van der Waals surface area contributed by atoms with E-state index in [-0.39, 0.29) is 0 Å². The predicted octanol–water partition coefficient (Wildman–Crippen LogP) is 2.97. The lowest BCUT2D eigenvalue weighted by atomic mass is 10.2. The number of aromatic nitrogens is 2. The molecule has 0 atom stereocenters. The van der Waals surface area contributed by atoms with Gasteiger partial charge in [-0.1, -0.05) is 15.9 Å². The summed E-state index contributed by atoms with van der Waals surface area (Å²) in [5, 5.41) is 7.80. The molecule has 4 nitrogen and oxygen atoms in total. The fraction of sp³-hybridized carbons (Fsp3) is 0.400. The van der Waals surface area contributed by atoms with Crippen LogP contribution in [-0.4, -0.2) is 22.9 Å². The van der Waals surface area contributed by atoms with E-state index in [1.54, 1.807) is 0 Å². The quantitative estimate of drug-likeness (QED) is 0.823. The lowest BCUT2D eigenvalue weighted by Crippen LogP contribution is -2.21. The maximum absolute atomic E-state index is 5.66. The summed E-state index contributed by atoms with van der Waals surface area (Å²) in [6.07, 6.45) is 0. The van der Waals surface area contributed by atoms with E-state index in [4.69, 9.17) is 4.74 Å². The van der Waals surface area contributed by atoms with Crippen molar-refractivity contribution in [3.05, 3.63) is 45.7 Å². The number of hydrogen-bond donors (Lipinski definition) is 1. The summed E-state index contributed by atoms with van der Waals surface area (Å²) in [6, 6.07) is 7.87. The van der Waals surface area contributed by atoms with Crippen LogP contribution in [0.2, 0.25) is 0 Å². The Hall–Kier alpha value is -1.33. The van der Waals surface area contributed by atoms with Gasteiger partial charge < -0.3 is 10.1 Å². The SMILES string of the molecule is Cc1nn(C)c(C)c1CNCCOc1ccc(Br)cc1. The summed E-state index contributed by atoms with van der Waals surface area (Å²) >= 11 is 3.40. The largest absolute Gasteiger partial charge is 0.492 e. The van der Waals surface area contributed by atoms with Gasteiger partial charge in [-0.25, -0.2) is 0 Å². The van der Waals surface area contributed by atoms with Gasteiger partial charge in [0, 0.05) is 35.9 Å². The Labute approximate surface area is 128 Å². The smallest absolute Gasteiger partial charge is 0.119 e. The van der Waals surface area contributed by atoms with E-state index in [0.717, 1.165) is 29.0 Å². The molecule has 0 fully saturated rings. The second kappa shape index (κ2) is 6.90. The lowest BCUT2D eigenvalue weighted by Gasteiger charge is -2.08. The van der Waals surface area contributed by atoms with Crippen LogP contribution in [0.4, 0.5) is 0 Å². The number of benzene rings is 1. The third kappa shape index (κ3) is 3.84. The van der Waals surface area contributed by atoms with Crippen molar-refractivity contribution < 1.29 is 4.74 Å². The second-order valence-electron chi connectivity index (χ2n) is 4.75. The van der Waals surface area contributed by atoms with Gasteiger partial charge in [0.25, 0.3) is 0 Å². The van der Waals surface area contributed by atoms with Gasteiger partial charge in [-0.05, 0) is 38.1 Å². The van der Waals surface area contributed by atoms with E-state index in [9.17, 15) is 0 Å². The average Bonchev–Trinajstić information content (AvgIpc) is 2.66. The number of hydrogen-bond acceptors (Lipinski definition) is 3. The number of rotatable bonds is 6. The predicted molar refractivity (Wildman–Crippen MR) is 84.0 cm³/mol. The minimum absolute atomic E-state index is 0.653. The van der Waals surface area contributed by atoms with Crippen molar-refractivity contribution in [2.75, 3.05) is 13.2 Å². The van der Waals surface area contributed by atoms with Crippen molar-refractivity contribution >= 4 is 15.9 Å². The molecule has 0 unspecified atom stereocenters. The minimum atomic E-state index is 0.653. The molecule has 0 saturated carbocycles. The number of halogens is 1. The fourth-order valence-electron chi connectivity index (χ4n) is 2.06. The Morgan fingerprint density at radius 2 is 1.95 bits per heavy atom. The lowest BCUT2D eigenvalue weighted by molar-refractivity contribution is 0.313. The second-order valence-corrected chi connectivity index (χ2v) is 5.67. The fourth-order valence-corrected chi connectivity index (χ4v) is 2.32. The summed E-state index contributed by atoms with van der Waals surface area (Å²) in [5.41, 5.74) is 3.58. The Kier molecular flexibility index (Phi) is 5.20. The zero-order valence-corrected chi connectivity index (χ0v) is 13.7. The average molecular weight is 338 g/mol. The monoisotopic (exact) mass is 337 g/mol. The van der Waals surface area contributed by atoms with Gasteiger partial charge in [0.1, 0.15) is 12.4 Å². The molecule has 0 aliphatic rings. The van der Waals surface area contributed by atoms with E-state index in [1.807, 2.05) is 42.9 Å². The van der Waals surface area contributed by atoms with Crippen LogP contribution >= 0.6 is 15.9 Å². The first kappa shape index (κ1) is 15.1. The van der Waals surface area contributed by atoms with Crippen LogP contribution < -0.4 is 10.1 Å². The van der Waals surface area contributed by atoms with Crippen LogP contribution in [0.15, 0.2) is 28.7 Å². The molecule has 1 aromatic heterocycles. The van der Waals surface area contributed by atoms with Gasteiger partial charge in [0.05, 0.1) is 5.69 Å². The minimum Gasteiger partial charge on any atom is -0.492 e. The summed E-state index contributed by atoms with van der Waals surface area (Å²) in [6.45, 7) is 6.43. The van der Waals surface area contributed by atoms with Gasteiger partial charge in [0.15, 0.2) is 0 Å². The highest BCUT2D eigenvalue weighted by atomic mass is 79.9. The van der Waals surface area contributed by atoms with Crippen LogP contribution in [0.25, 0.3) is 0 Å². The first-order chi connectivity index (χ1) is 9.58. The molecular weight excluding hydrogens is 318 g/mol.